The lowest BCUT2D eigenvalue weighted by Crippen LogP contribution is -2.55. The van der Waals surface area contributed by atoms with E-state index in [1.165, 1.54) is 203 Å². The van der Waals surface area contributed by atoms with Crippen LogP contribution in [0, 0.1) is 63.7 Å². The van der Waals surface area contributed by atoms with Crippen molar-refractivity contribution in [3.8, 4) is 97.2 Å². The summed E-state index contributed by atoms with van der Waals surface area (Å²) in [5.74, 6) is -1.30. The van der Waals surface area contributed by atoms with Gasteiger partial charge in [-0.1, -0.05) is 12.1 Å². The molecule has 0 aliphatic carbocycles. The van der Waals surface area contributed by atoms with Gasteiger partial charge in [0.2, 0.25) is 35.4 Å². The summed E-state index contributed by atoms with van der Waals surface area (Å²) in [7, 11) is 0. The molecule has 0 radical (unpaired) electrons. The van der Waals surface area contributed by atoms with Crippen LogP contribution in [0.25, 0.3) is 91.1 Å². The average Bonchev–Trinajstić information content (AvgIpc) is 1.50. The topological polar surface area (TPSA) is 336 Å². The molecular weight excluding hydrogens is 1850 g/mol. The number of hydrogen-bond donors (Lipinski definition) is 1. The lowest BCUT2D eigenvalue weighted by molar-refractivity contribution is -0.137. The first-order valence-corrected chi connectivity index (χ1v) is 45.2. The summed E-state index contributed by atoms with van der Waals surface area (Å²) >= 11 is 1.47. The normalized spacial score (nSPS) is 14.2. The van der Waals surface area contributed by atoms with Gasteiger partial charge in [-0.05, 0) is 237 Å². The largest absolute Gasteiger partial charge is 0.375 e. The van der Waals surface area contributed by atoms with Gasteiger partial charge in [0, 0.05) is 151 Å². The second kappa shape index (κ2) is 43.0. The van der Waals surface area contributed by atoms with Crippen LogP contribution in [0.4, 0.5) is 62.0 Å². The SMILES string of the molecule is CC1CN(c2ccccn2)CCN1C(=O)Cn1nc(-c2ccc(F)cc2)nc1-c1ccc(F)cc1.N#Cc1cccc(N2CCN(C(=O)Cn3nc(-c4ccc(F)cc4)nc3-c3ccc(F)cc3)CC2=O)c1.Nc1nc2c(s1)CCN(C(=O)Cn1nc(-c3ccc(F)cc3)nc1-c1ccc(F)cc1)CC2.O=C(Cn1nc(-c2ccc(F)cc2)nc1-c1ccc(F)cc1)N1CCN(c2cc(F)ccn2)C(=O)C1. The number of nitrogens with two attached hydrogens (primary N) is 1. The Bertz CT molecular complexity index is 7240. The first-order valence-electron chi connectivity index (χ1n) is 44.3. The number of benzene rings is 9. The van der Waals surface area contributed by atoms with E-state index in [0.717, 1.165) is 22.5 Å². The van der Waals surface area contributed by atoms with Crippen molar-refractivity contribution in [2.75, 3.05) is 92.4 Å². The summed E-state index contributed by atoms with van der Waals surface area (Å²) in [6.45, 7) is 5.18. The number of pyridine rings is 2. The smallest absolute Gasteiger partial charge is 0.247 e. The molecule has 4 aliphatic heterocycles. The number of amides is 6. The van der Waals surface area contributed by atoms with Crippen molar-refractivity contribution in [3.63, 3.8) is 0 Å². The van der Waals surface area contributed by atoms with Crippen LogP contribution in [0.5, 0.6) is 0 Å². The number of fused-ring (bicyclic) bond motifs is 1. The number of nitrogen functional groups attached to an aromatic ring is 1. The first kappa shape index (κ1) is 95.5. The van der Waals surface area contributed by atoms with Gasteiger partial charge in [-0.3, -0.25) is 33.7 Å². The van der Waals surface area contributed by atoms with Crippen LogP contribution >= 0.6 is 11.3 Å². The third kappa shape index (κ3) is 23.2. The number of nitrogens with zero attached hydrogens (tertiary/aromatic N) is 23. The Hall–Kier alpha value is -17.3. The van der Waals surface area contributed by atoms with E-state index in [1.54, 1.807) is 88.8 Å². The molecule has 4 aliphatic rings. The van der Waals surface area contributed by atoms with Crippen LogP contribution in [-0.4, -0.2) is 207 Å². The number of thiazole rings is 1. The number of carbonyl (C=O) groups is 6. The molecule has 3 fully saturated rings. The summed E-state index contributed by atoms with van der Waals surface area (Å²) in [6, 6.07) is 62.8. The minimum Gasteiger partial charge on any atom is -0.375 e. The Labute approximate surface area is 803 Å². The van der Waals surface area contributed by atoms with Gasteiger partial charge in [0.1, 0.15) is 103 Å². The van der Waals surface area contributed by atoms with E-state index in [4.69, 9.17) is 11.0 Å². The van der Waals surface area contributed by atoms with Crippen LogP contribution in [0.2, 0.25) is 0 Å². The monoisotopic (exact) mass is 1930 g/mol. The minimum absolute atomic E-state index is 0.0190. The average molecular weight is 1930 g/mol. The second-order valence-electron chi connectivity index (χ2n) is 32.8. The van der Waals surface area contributed by atoms with E-state index in [0.29, 0.717) is 148 Å². The molecule has 1 unspecified atom stereocenters. The predicted molar refractivity (Wildman–Crippen MR) is 505 cm³/mol. The molecule has 0 bridgehead atoms. The standard InChI is InChI=1S/C27H20F2N6O2.C26H24F2N6O.C25H19F3N6O2.C23H20F2N6OS/c28-21-8-4-19(5-9-21)26-31-27(20-6-10-22(29)11-7-20)35(32-26)17-24(36)33-12-13-34(25(37)16-33)23-3-1-2-18(14-23)15-30;1-18-16-32(23-4-2-3-13-29-23)14-15-33(18)24(35)17-34-26(20-7-11-22(28)12-8-20)30-25(31-34)19-5-9-21(27)10-6-19;26-18-5-1-16(2-6-18)24-30-25(17-3-7-19(27)8-4-17)34(31-24)15-22(35)32-11-12-33(23(36)14-32)21-13-20(28)9-10-29-21;24-16-5-1-14(2-6-16)21-28-22(15-3-7-17(25)8-4-15)31(29-21)13-20(32)30-11-9-18-19(10-12-30)33-23(26)27-18/h1-11,14H,12-13,16-17H2;2-13,18H,14-17H2,1H3;1-10,13H,11-12,14-15H2;1-8H,9-13H2,(H2,26,27). The molecular formula is C101H83F9N24O6S. The molecule has 0 spiro atoms. The fourth-order valence-corrected chi connectivity index (χ4v) is 17.0. The van der Waals surface area contributed by atoms with Gasteiger partial charge < -0.3 is 35.1 Å². The molecule has 1 atom stereocenters. The van der Waals surface area contributed by atoms with Crippen molar-refractivity contribution >= 4 is 69.2 Å². The molecule has 712 valence electrons. The van der Waals surface area contributed by atoms with Crippen LogP contribution < -0.4 is 20.4 Å². The van der Waals surface area contributed by atoms with Crippen molar-refractivity contribution in [2.24, 2.45) is 0 Å². The molecule has 30 nitrogen and oxygen atoms in total. The zero-order chi connectivity index (χ0) is 98.5. The molecule has 40 heteroatoms. The van der Waals surface area contributed by atoms with Crippen molar-refractivity contribution < 1.29 is 68.3 Å². The second-order valence-corrected chi connectivity index (χ2v) is 33.9. The molecule has 0 saturated carbocycles. The highest BCUT2D eigenvalue weighted by atomic mass is 32.1. The number of aromatic nitrogens is 15. The van der Waals surface area contributed by atoms with E-state index < -0.39 is 35.0 Å². The number of piperazine rings is 3. The molecule has 6 amide bonds. The first-order chi connectivity index (χ1) is 68.2. The Morgan fingerprint density at radius 3 is 1.13 bits per heavy atom. The highest BCUT2D eigenvalue weighted by Gasteiger charge is 2.35. The summed E-state index contributed by atoms with van der Waals surface area (Å²) in [5.41, 5.74) is 12.5. The zero-order valence-electron chi connectivity index (χ0n) is 75.0. The third-order valence-electron chi connectivity index (χ3n) is 23.4. The molecule has 7 aromatic heterocycles. The quantitative estimate of drug-likeness (QED) is 0.0735. The summed E-state index contributed by atoms with van der Waals surface area (Å²) < 4.78 is 127. The van der Waals surface area contributed by atoms with E-state index >= 15 is 0 Å². The van der Waals surface area contributed by atoms with E-state index in [9.17, 15) is 68.3 Å². The maximum absolute atomic E-state index is 13.5. The number of rotatable bonds is 19. The van der Waals surface area contributed by atoms with Crippen LogP contribution in [0.3, 0.4) is 0 Å². The minimum atomic E-state index is -0.511. The summed E-state index contributed by atoms with van der Waals surface area (Å²) in [4.78, 5) is 122. The van der Waals surface area contributed by atoms with Gasteiger partial charge in [-0.25, -0.2) is 93.1 Å². The van der Waals surface area contributed by atoms with Crippen LogP contribution in [0.1, 0.15) is 23.1 Å². The lowest BCUT2D eigenvalue weighted by atomic mass is 10.1. The van der Waals surface area contributed by atoms with E-state index in [2.05, 4.69) is 66.3 Å². The van der Waals surface area contributed by atoms with Gasteiger partial charge in [0.25, 0.3) is 0 Å². The van der Waals surface area contributed by atoms with Gasteiger partial charge >= 0.3 is 0 Å². The maximum Gasteiger partial charge on any atom is 0.247 e. The van der Waals surface area contributed by atoms with Gasteiger partial charge in [-0.15, -0.1) is 31.7 Å². The van der Waals surface area contributed by atoms with Gasteiger partial charge in [0.05, 0.1) is 17.3 Å². The van der Waals surface area contributed by atoms with Crippen molar-refractivity contribution in [1.82, 2.24) is 93.6 Å². The zero-order valence-corrected chi connectivity index (χ0v) is 75.9. The van der Waals surface area contributed by atoms with Crippen molar-refractivity contribution in [1.29, 1.82) is 5.26 Å². The fourth-order valence-electron chi connectivity index (χ4n) is 16.1. The lowest BCUT2D eigenvalue weighted by Gasteiger charge is -2.40. The molecule has 141 heavy (non-hydrogen) atoms. The van der Waals surface area contributed by atoms with Crippen LogP contribution in [-0.2, 0) is 67.8 Å². The van der Waals surface area contributed by atoms with Gasteiger partial charge in [-0.2, -0.15) is 5.26 Å². The molecule has 16 aromatic rings. The summed E-state index contributed by atoms with van der Waals surface area (Å²) in [6.07, 6.45) is 4.39. The van der Waals surface area contributed by atoms with Crippen LogP contribution in [0.15, 0.2) is 261 Å². The molecule has 11 heterocycles. The van der Waals surface area contributed by atoms with Crippen molar-refractivity contribution in [2.45, 2.75) is 52.0 Å². The molecule has 2 N–H and O–H groups in total. The van der Waals surface area contributed by atoms with E-state index in [1.807, 2.05) is 30.0 Å². The third-order valence-corrected chi connectivity index (χ3v) is 24.3. The fraction of sp³-hybridized carbons (Fsp3) is 0.188. The molecule has 20 rings (SSSR count). The number of carbonyl (C=O) groups excluding carboxylic acids is 6. The molecule has 3 saturated heterocycles. The van der Waals surface area contributed by atoms with Gasteiger partial charge in [0.15, 0.2) is 51.7 Å². The Kier molecular flexibility index (Phi) is 29.1. The number of halogens is 9. The van der Waals surface area contributed by atoms with Crippen molar-refractivity contribution in [3.05, 3.63) is 330 Å². The number of nitriles is 1. The number of hydrogen-bond acceptors (Lipinski definition) is 21. The Morgan fingerprint density at radius 2 is 0.752 bits per heavy atom. The number of anilines is 4. The highest BCUT2D eigenvalue weighted by Crippen LogP contribution is 2.33. The summed E-state index contributed by atoms with van der Waals surface area (Å²) in [5, 5.41) is 27.7. The Morgan fingerprint density at radius 1 is 0.376 bits per heavy atom. The van der Waals surface area contributed by atoms with E-state index in [-0.39, 0.29) is 135 Å². The molecule has 9 aromatic carbocycles. The highest BCUT2D eigenvalue weighted by molar-refractivity contribution is 7.15. The maximum atomic E-state index is 13.5. The Balaban J connectivity index is 0.000000130. The predicted octanol–water partition coefficient (Wildman–Crippen LogP) is 14.5.